The molecule has 0 aliphatic rings. The van der Waals surface area contributed by atoms with E-state index < -0.39 is 11.9 Å². The molecule has 23 heavy (non-hydrogen) atoms. The lowest BCUT2D eigenvalue weighted by Gasteiger charge is -2.06. The van der Waals surface area contributed by atoms with Crippen LogP contribution in [0.15, 0.2) is 67.3 Å². The highest BCUT2D eigenvalue weighted by molar-refractivity contribution is 6.32. The fourth-order valence-electron chi connectivity index (χ4n) is 1.66. The van der Waals surface area contributed by atoms with Crippen LogP contribution in [0, 0.1) is 0 Å². The molecule has 4 nitrogen and oxygen atoms in total. The molecule has 116 valence electrons. The van der Waals surface area contributed by atoms with Crippen LogP contribution in [0.5, 0.6) is 11.5 Å². The molecule has 0 aliphatic carbocycles. The highest BCUT2D eigenvalue weighted by atomic mass is 35.5. The molecule has 2 aromatic rings. The molecule has 0 atom stereocenters. The predicted molar refractivity (Wildman–Crippen MR) is 88.4 cm³/mol. The maximum absolute atomic E-state index is 11.8. The van der Waals surface area contributed by atoms with Crippen molar-refractivity contribution < 1.29 is 19.1 Å². The molecule has 0 radical (unpaired) electrons. The molecule has 0 spiro atoms. The summed E-state index contributed by atoms with van der Waals surface area (Å²) in [6.45, 7) is 3.29. The zero-order valence-corrected chi connectivity index (χ0v) is 12.8. The molecule has 0 saturated heterocycles. The van der Waals surface area contributed by atoms with Crippen LogP contribution in [0.25, 0.3) is 6.08 Å². The largest absolute Gasteiger partial charge is 0.423 e. The van der Waals surface area contributed by atoms with Crippen LogP contribution in [-0.4, -0.2) is 11.9 Å². The molecule has 0 aromatic heterocycles. The second kappa shape index (κ2) is 7.96. The van der Waals surface area contributed by atoms with Crippen molar-refractivity contribution in [1.29, 1.82) is 0 Å². The molecule has 0 bridgehead atoms. The molecule has 0 saturated carbocycles. The van der Waals surface area contributed by atoms with E-state index in [1.807, 2.05) is 30.3 Å². The molecule has 0 N–H and O–H groups in total. The van der Waals surface area contributed by atoms with Gasteiger partial charge in [-0.1, -0.05) is 48.5 Å². The van der Waals surface area contributed by atoms with Gasteiger partial charge in [-0.05, 0) is 23.8 Å². The molecule has 5 heteroatoms. The van der Waals surface area contributed by atoms with Gasteiger partial charge in [0.2, 0.25) is 0 Å². The number of hydrogen-bond acceptors (Lipinski definition) is 4. The van der Waals surface area contributed by atoms with Gasteiger partial charge in [0.15, 0.2) is 0 Å². The Labute approximate surface area is 138 Å². The monoisotopic (exact) mass is 328 g/mol. The van der Waals surface area contributed by atoms with E-state index in [1.165, 1.54) is 24.3 Å². The Morgan fingerprint density at radius 3 is 2.39 bits per heavy atom. The third-order valence-electron chi connectivity index (χ3n) is 2.71. The number of rotatable bonds is 5. The Balaban J connectivity index is 2.01. The van der Waals surface area contributed by atoms with Gasteiger partial charge in [0.05, 0.1) is 5.02 Å². The maximum atomic E-state index is 11.8. The molecular formula is C18H13ClO4. The SMILES string of the molecule is C=CC(=O)Oc1ccc(OC(=O)/C=C/c2ccccc2)cc1Cl. The Bertz CT molecular complexity index is 751. The third kappa shape index (κ3) is 5.13. The average Bonchev–Trinajstić information content (AvgIpc) is 2.56. The Morgan fingerprint density at radius 2 is 1.74 bits per heavy atom. The van der Waals surface area contributed by atoms with Crippen molar-refractivity contribution >= 4 is 29.6 Å². The molecule has 0 unspecified atom stereocenters. The van der Waals surface area contributed by atoms with E-state index in [-0.39, 0.29) is 16.5 Å². The molecule has 2 rings (SSSR count). The van der Waals surface area contributed by atoms with Crippen LogP contribution in [-0.2, 0) is 9.59 Å². The van der Waals surface area contributed by atoms with E-state index >= 15 is 0 Å². The zero-order valence-electron chi connectivity index (χ0n) is 12.1. The highest BCUT2D eigenvalue weighted by Crippen LogP contribution is 2.29. The summed E-state index contributed by atoms with van der Waals surface area (Å²) in [5.41, 5.74) is 0.883. The van der Waals surface area contributed by atoms with Crippen LogP contribution in [0.1, 0.15) is 5.56 Å². The minimum absolute atomic E-state index is 0.150. The number of benzene rings is 2. The van der Waals surface area contributed by atoms with Gasteiger partial charge in [-0.15, -0.1) is 0 Å². The van der Waals surface area contributed by atoms with E-state index in [1.54, 1.807) is 6.08 Å². The summed E-state index contributed by atoms with van der Waals surface area (Å²) >= 11 is 5.97. The van der Waals surface area contributed by atoms with E-state index in [2.05, 4.69) is 6.58 Å². The van der Waals surface area contributed by atoms with Gasteiger partial charge in [0.1, 0.15) is 11.5 Å². The first-order valence-electron chi connectivity index (χ1n) is 6.67. The summed E-state index contributed by atoms with van der Waals surface area (Å²) < 4.78 is 10.0. The lowest BCUT2D eigenvalue weighted by Crippen LogP contribution is -2.05. The van der Waals surface area contributed by atoms with Crippen LogP contribution < -0.4 is 9.47 Å². The first kappa shape index (κ1) is 16.5. The van der Waals surface area contributed by atoms with Crippen molar-refractivity contribution in [2.24, 2.45) is 0 Å². The van der Waals surface area contributed by atoms with Gasteiger partial charge in [0.25, 0.3) is 0 Å². The minimum Gasteiger partial charge on any atom is -0.423 e. The summed E-state index contributed by atoms with van der Waals surface area (Å²) in [6, 6.07) is 13.7. The second-order valence-electron chi connectivity index (χ2n) is 4.38. The summed E-state index contributed by atoms with van der Waals surface area (Å²) in [6.07, 6.45) is 3.98. The van der Waals surface area contributed by atoms with E-state index in [0.717, 1.165) is 11.6 Å². The molecule has 2 aromatic carbocycles. The maximum Gasteiger partial charge on any atom is 0.336 e. The minimum atomic E-state index is -0.623. The van der Waals surface area contributed by atoms with Crippen LogP contribution in [0.3, 0.4) is 0 Å². The third-order valence-corrected chi connectivity index (χ3v) is 3.01. The molecule has 0 aliphatic heterocycles. The lowest BCUT2D eigenvalue weighted by molar-refractivity contribution is -0.130. The molecule has 0 fully saturated rings. The summed E-state index contributed by atoms with van der Waals surface area (Å²) in [7, 11) is 0. The van der Waals surface area contributed by atoms with Crippen molar-refractivity contribution in [3.63, 3.8) is 0 Å². The molecule has 0 heterocycles. The predicted octanol–water partition coefficient (Wildman–Crippen LogP) is 4.05. The zero-order chi connectivity index (χ0) is 16.7. The van der Waals surface area contributed by atoms with Gasteiger partial charge in [0, 0.05) is 18.2 Å². The van der Waals surface area contributed by atoms with Crippen molar-refractivity contribution in [3.8, 4) is 11.5 Å². The topological polar surface area (TPSA) is 52.6 Å². The van der Waals surface area contributed by atoms with Crippen LogP contribution in [0.2, 0.25) is 5.02 Å². The summed E-state index contributed by atoms with van der Waals surface area (Å²) in [5, 5.41) is 0.150. The van der Waals surface area contributed by atoms with Gasteiger partial charge >= 0.3 is 11.9 Å². The average molecular weight is 329 g/mol. The number of halogens is 1. The van der Waals surface area contributed by atoms with Gasteiger partial charge in [-0.2, -0.15) is 0 Å². The number of esters is 2. The number of carbonyl (C=O) groups is 2. The fourth-order valence-corrected chi connectivity index (χ4v) is 1.87. The number of ether oxygens (including phenoxy) is 2. The molecular weight excluding hydrogens is 316 g/mol. The lowest BCUT2D eigenvalue weighted by atomic mass is 10.2. The van der Waals surface area contributed by atoms with Crippen molar-refractivity contribution in [2.75, 3.05) is 0 Å². The van der Waals surface area contributed by atoms with Crippen molar-refractivity contribution in [3.05, 3.63) is 77.8 Å². The smallest absolute Gasteiger partial charge is 0.336 e. The van der Waals surface area contributed by atoms with E-state index in [4.69, 9.17) is 21.1 Å². The van der Waals surface area contributed by atoms with Gasteiger partial charge < -0.3 is 9.47 Å². The van der Waals surface area contributed by atoms with Crippen molar-refractivity contribution in [1.82, 2.24) is 0 Å². The Kier molecular flexibility index (Phi) is 5.72. The molecule has 0 amide bonds. The van der Waals surface area contributed by atoms with Crippen molar-refractivity contribution in [2.45, 2.75) is 0 Å². The standard InChI is InChI=1S/C18H13ClO4/c1-2-17(20)23-16-10-9-14(12-15(16)19)22-18(21)11-8-13-6-4-3-5-7-13/h2-12H,1H2/b11-8+. The Morgan fingerprint density at radius 1 is 1.00 bits per heavy atom. The first-order valence-corrected chi connectivity index (χ1v) is 7.05. The summed E-state index contributed by atoms with van der Waals surface area (Å²) in [4.78, 5) is 22.9. The first-order chi connectivity index (χ1) is 11.1. The number of carbonyl (C=O) groups excluding carboxylic acids is 2. The number of hydrogen-bond donors (Lipinski definition) is 0. The van der Waals surface area contributed by atoms with Gasteiger partial charge in [-0.25, -0.2) is 9.59 Å². The quantitative estimate of drug-likeness (QED) is 0.472. The van der Waals surface area contributed by atoms with Crippen LogP contribution in [0.4, 0.5) is 0 Å². The highest BCUT2D eigenvalue weighted by Gasteiger charge is 2.08. The fraction of sp³-hybridized carbons (Fsp3) is 0. The van der Waals surface area contributed by atoms with E-state index in [0.29, 0.717) is 0 Å². The van der Waals surface area contributed by atoms with Crippen LogP contribution >= 0.6 is 11.6 Å². The summed E-state index contributed by atoms with van der Waals surface area (Å²) in [5.74, 6) is -0.754. The Hall–Kier alpha value is -2.85. The van der Waals surface area contributed by atoms with Gasteiger partial charge in [-0.3, -0.25) is 0 Å². The normalized spacial score (nSPS) is 10.3. The second-order valence-corrected chi connectivity index (χ2v) is 4.79. The van der Waals surface area contributed by atoms with E-state index in [9.17, 15) is 9.59 Å².